The predicted octanol–water partition coefficient (Wildman–Crippen LogP) is 2.12. The highest BCUT2D eigenvalue weighted by atomic mass is 19.1. The van der Waals surface area contributed by atoms with Crippen LogP contribution in [0.25, 0.3) is 0 Å². The first-order valence-electron chi connectivity index (χ1n) is 7.95. The molecule has 1 aromatic rings. The van der Waals surface area contributed by atoms with Crippen molar-refractivity contribution in [3.05, 3.63) is 35.4 Å². The Morgan fingerprint density at radius 1 is 1.38 bits per heavy atom. The zero-order valence-corrected chi connectivity index (χ0v) is 14.1. The summed E-state index contributed by atoms with van der Waals surface area (Å²) in [5, 5.41) is 10.0. The first kappa shape index (κ1) is 20.5. The maximum Gasteiger partial charge on any atom is 0.305 e. The van der Waals surface area contributed by atoms with Gasteiger partial charge in [-0.15, -0.1) is 0 Å². The molecule has 1 aromatic carbocycles. The standard InChI is InChI=1S/C17H25F2NO4/c1-3-4-17(22)24-12-15(21)11-20(7-8-23-2)10-13-5-6-14(18)9-16(13)19/h5-6,9,15,21H,3-4,7-8,10-12H2,1-2H3. The van der Waals surface area contributed by atoms with E-state index >= 15 is 0 Å². The summed E-state index contributed by atoms with van der Waals surface area (Å²) < 4.78 is 36.7. The van der Waals surface area contributed by atoms with Crippen molar-refractivity contribution < 1.29 is 28.2 Å². The van der Waals surface area contributed by atoms with Crippen molar-refractivity contribution in [3.63, 3.8) is 0 Å². The molecule has 1 N–H and O–H groups in total. The van der Waals surface area contributed by atoms with Gasteiger partial charge < -0.3 is 14.6 Å². The summed E-state index contributed by atoms with van der Waals surface area (Å²) in [7, 11) is 1.54. The highest BCUT2D eigenvalue weighted by Crippen LogP contribution is 2.12. The molecule has 0 bridgehead atoms. The second kappa shape index (κ2) is 11.1. The van der Waals surface area contributed by atoms with Gasteiger partial charge in [-0.1, -0.05) is 13.0 Å². The van der Waals surface area contributed by atoms with Gasteiger partial charge in [0.05, 0.1) is 6.61 Å². The molecule has 0 spiro atoms. The minimum atomic E-state index is -0.897. The van der Waals surface area contributed by atoms with Gasteiger partial charge in [0.1, 0.15) is 24.3 Å². The fourth-order valence-corrected chi connectivity index (χ4v) is 2.16. The Balaban J connectivity index is 2.59. The van der Waals surface area contributed by atoms with Crippen molar-refractivity contribution in [1.82, 2.24) is 4.90 Å². The lowest BCUT2D eigenvalue weighted by molar-refractivity contribution is -0.147. The molecule has 1 rings (SSSR count). The van der Waals surface area contributed by atoms with E-state index in [9.17, 15) is 18.7 Å². The molecule has 0 aliphatic heterocycles. The van der Waals surface area contributed by atoms with Crippen molar-refractivity contribution in [3.8, 4) is 0 Å². The summed E-state index contributed by atoms with van der Waals surface area (Å²) in [6.07, 6.45) is 0.0887. The summed E-state index contributed by atoms with van der Waals surface area (Å²) >= 11 is 0. The topological polar surface area (TPSA) is 59.0 Å². The molecule has 7 heteroatoms. The molecule has 0 fully saturated rings. The van der Waals surface area contributed by atoms with Gasteiger partial charge in [-0.3, -0.25) is 9.69 Å². The molecule has 1 unspecified atom stereocenters. The number of rotatable bonds is 11. The predicted molar refractivity (Wildman–Crippen MR) is 85.4 cm³/mol. The lowest BCUT2D eigenvalue weighted by Crippen LogP contribution is -2.37. The molecule has 136 valence electrons. The molecular weight excluding hydrogens is 320 g/mol. The summed E-state index contributed by atoms with van der Waals surface area (Å²) in [5.41, 5.74) is 0.322. The lowest BCUT2D eigenvalue weighted by Gasteiger charge is -2.25. The Bertz CT molecular complexity index is 513. The number of benzene rings is 1. The molecular formula is C17H25F2NO4. The zero-order chi connectivity index (χ0) is 17.9. The number of carbonyl (C=O) groups excluding carboxylic acids is 1. The summed E-state index contributed by atoms with van der Waals surface area (Å²) in [5.74, 6) is -1.63. The van der Waals surface area contributed by atoms with Gasteiger partial charge in [-0.25, -0.2) is 8.78 Å². The van der Waals surface area contributed by atoms with E-state index in [1.54, 1.807) is 12.0 Å². The smallest absolute Gasteiger partial charge is 0.305 e. The molecule has 0 heterocycles. The molecule has 0 saturated carbocycles. The van der Waals surface area contributed by atoms with Crippen LogP contribution < -0.4 is 0 Å². The minimum absolute atomic E-state index is 0.117. The van der Waals surface area contributed by atoms with Crippen LogP contribution in [0.4, 0.5) is 8.78 Å². The highest BCUT2D eigenvalue weighted by molar-refractivity contribution is 5.69. The van der Waals surface area contributed by atoms with Gasteiger partial charge in [0.2, 0.25) is 0 Å². The van der Waals surface area contributed by atoms with E-state index in [1.165, 1.54) is 12.1 Å². The molecule has 1 atom stereocenters. The van der Waals surface area contributed by atoms with Crippen LogP contribution in [-0.2, 0) is 20.8 Å². The number of methoxy groups -OCH3 is 1. The number of hydrogen-bond donors (Lipinski definition) is 1. The molecule has 0 radical (unpaired) electrons. The van der Waals surface area contributed by atoms with Gasteiger partial charge in [0.25, 0.3) is 0 Å². The van der Waals surface area contributed by atoms with E-state index < -0.39 is 17.7 Å². The normalized spacial score (nSPS) is 12.4. The third-order valence-electron chi connectivity index (χ3n) is 3.38. The van der Waals surface area contributed by atoms with Gasteiger partial charge in [0.15, 0.2) is 0 Å². The largest absolute Gasteiger partial charge is 0.463 e. The zero-order valence-electron chi connectivity index (χ0n) is 14.1. The maximum absolute atomic E-state index is 13.8. The SMILES string of the molecule is CCCC(=O)OCC(O)CN(CCOC)Cc1ccc(F)cc1F. The van der Waals surface area contributed by atoms with Gasteiger partial charge in [0, 0.05) is 44.8 Å². The molecule has 5 nitrogen and oxygen atoms in total. The second-order valence-electron chi connectivity index (χ2n) is 5.55. The maximum atomic E-state index is 13.8. The molecule has 0 aromatic heterocycles. The highest BCUT2D eigenvalue weighted by Gasteiger charge is 2.16. The van der Waals surface area contributed by atoms with Crippen molar-refractivity contribution in [2.45, 2.75) is 32.4 Å². The van der Waals surface area contributed by atoms with Crippen molar-refractivity contribution in [2.75, 3.05) is 33.4 Å². The van der Waals surface area contributed by atoms with Crippen LogP contribution in [0.5, 0.6) is 0 Å². The number of aliphatic hydroxyl groups excluding tert-OH is 1. The van der Waals surface area contributed by atoms with Crippen LogP contribution in [0.15, 0.2) is 18.2 Å². The number of aliphatic hydroxyl groups is 1. The third-order valence-corrected chi connectivity index (χ3v) is 3.38. The number of halogens is 2. The Morgan fingerprint density at radius 2 is 2.12 bits per heavy atom. The fraction of sp³-hybridized carbons (Fsp3) is 0.588. The van der Waals surface area contributed by atoms with E-state index in [0.29, 0.717) is 31.6 Å². The van der Waals surface area contributed by atoms with E-state index in [0.717, 1.165) is 6.07 Å². The average Bonchev–Trinajstić information content (AvgIpc) is 2.53. The number of ether oxygens (including phenoxy) is 2. The first-order chi connectivity index (χ1) is 11.5. The number of esters is 1. The summed E-state index contributed by atoms with van der Waals surface area (Å²) in [6.45, 7) is 2.96. The number of hydrogen-bond acceptors (Lipinski definition) is 5. The molecule has 24 heavy (non-hydrogen) atoms. The Hall–Kier alpha value is -1.57. The average molecular weight is 345 g/mol. The summed E-state index contributed by atoms with van der Waals surface area (Å²) in [6, 6.07) is 3.39. The molecule has 0 aliphatic rings. The minimum Gasteiger partial charge on any atom is -0.463 e. The number of nitrogens with zero attached hydrogens (tertiary/aromatic N) is 1. The van der Waals surface area contributed by atoms with Gasteiger partial charge in [-0.2, -0.15) is 0 Å². The first-order valence-corrected chi connectivity index (χ1v) is 7.95. The van der Waals surface area contributed by atoms with E-state index in [1.807, 2.05) is 6.92 Å². The van der Waals surface area contributed by atoms with Crippen LogP contribution in [-0.4, -0.2) is 55.5 Å². The molecule has 0 aliphatic carbocycles. The Kier molecular flexibility index (Phi) is 9.44. The Labute approximate surface area is 141 Å². The third kappa shape index (κ3) is 7.81. The van der Waals surface area contributed by atoms with E-state index in [-0.39, 0.29) is 25.7 Å². The van der Waals surface area contributed by atoms with Crippen molar-refractivity contribution >= 4 is 5.97 Å². The van der Waals surface area contributed by atoms with Crippen molar-refractivity contribution in [1.29, 1.82) is 0 Å². The van der Waals surface area contributed by atoms with Crippen LogP contribution in [0.3, 0.4) is 0 Å². The summed E-state index contributed by atoms with van der Waals surface area (Å²) in [4.78, 5) is 13.1. The fourth-order valence-electron chi connectivity index (χ4n) is 2.16. The monoisotopic (exact) mass is 345 g/mol. The van der Waals surface area contributed by atoms with Gasteiger partial charge in [-0.05, 0) is 12.5 Å². The Morgan fingerprint density at radius 3 is 2.75 bits per heavy atom. The lowest BCUT2D eigenvalue weighted by atomic mass is 10.2. The van der Waals surface area contributed by atoms with E-state index in [4.69, 9.17) is 9.47 Å². The van der Waals surface area contributed by atoms with Crippen LogP contribution in [0.2, 0.25) is 0 Å². The van der Waals surface area contributed by atoms with Crippen molar-refractivity contribution in [2.24, 2.45) is 0 Å². The van der Waals surface area contributed by atoms with E-state index in [2.05, 4.69) is 0 Å². The molecule has 0 saturated heterocycles. The van der Waals surface area contributed by atoms with Crippen LogP contribution >= 0.6 is 0 Å². The van der Waals surface area contributed by atoms with Crippen LogP contribution in [0.1, 0.15) is 25.3 Å². The second-order valence-corrected chi connectivity index (χ2v) is 5.55. The quantitative estimate of drug-likeness (QED) is 0.623. The van der Waals surface area contributed by atoms with Crippen LogP contribution in [0, 0.1) is 11.6 Å². The number of carbonyl (C=O) groups is 1. The molecule has 0 amide bonds. The van der Waals surface area contributed by atoms with Gasteiger partial charge >= 0.3 is 5.97 Å².